The maximum Gasteiger partial charge on any atom is 0.141 e. The maximum absolute atomic E-state index is 6.02. The van der Waals surface area contributed by atoms with Gasteiger partial charge in [0.2, 0.25) is 0 Å². The van der Waals surface area contributed by atoms with Crippen molar-refractivity contribution in [1.29, 1.82) is 0 Å². The van der Waals surface area contributed by atoms with Crippen molar-refractivity contribution >= 4 is 22.4 Å². The van der Waals surface area contributed by atoms with E-state index in [4.69, 9.17) is 9.47 Å². The van der Waals surface area contributed by atoms with Gasteiger partial charge in [0.1, 0.15) is 29.4 Å². The molecule has 0 radical (unpaired) electrons. The third-order valence-electron chi connectivity index (χ3n) is 6.07. The molecule has 1 saturated heterocycles. The van der Waals surface area contributed by atoms with Gasteiger partial charge < -0.3 is 20.1 Å². The van der Waals surface area contributed by atoms with Crippen molar-refractivity contribution in [1.82, 2.24) is 15.3 Å². The van der Waals surface area contributed by atoms with Gasteiger partial charge in [-0.1, -0.05) is 30.0 Å². The first kappa shape index (κ1) is 22.7. The number of fused-ring (bicyclic) bond motifs is 1. The summed E-state index contributed by atoms with van der Waals surface area (Å²) in [4.78, 5) is 8.97. The van der Waals surface area contributed by atoms with Crippen LogP contribution in [0.1, 0.15) is 24.0 Å². The first-order valence-electron chi connectivity index (χ1n) is 11.8. The van der Waals surface area contributed by atoms with Gasteiger partial charge in [0.05, 0.1) is 18.2 Å². The van der Waals surface area contributed by atoms with Crippen molar-refractivity contribution in [3.63, 3.8) is 0 Å². The molecule has 3 aromatic carbocycles. The first-order chi connectivity index (χ1) is 17.2. The van der Waals surface area contributed by atoms with Crippen LogP contribution in [0.4, 0.5) is 11.5 Å². The van der Waals surface area contributed by atoms with Crippen molar-refractivity contribution in [3.05, 3.63) is 78.1 Å². The largest absolute Gasteiger partial charge is 0.495 e. The van der Waals surface area contributed by atoms with E-state index in [1.807, 2.05) is 67.6 Å². The molecule has 0 spiro atoms. The number of piperidine rings is 1. The van der Waals surface area contributed by atoms with Crippen molar-refractivity contribution < 1.29 is 9.47 Å². The molecule has 0 bridgehead atoms. The van der Waals surface area contributed by atoms with Gasteiger partial charge in [-0.25, -0.2) is 9.97 Å². The van der Waals surface area contributed by atoms with Gasteiger partial charge >= 0.3 is 0 Å². The van der Waals surface area contributed by atoms with Crippen LogP contribution in [0.25, 0.3) is 10.9 Å². The highest BCUT2D eigenvalue weighted by Crippen LogP contribution is 2.32. The van der Waals surface area contributed by atoms with Gasteiger partial charge in [0.15, 0.2) is 0 Å². The predicted octanol–water partition coefficient (Wildman–Crippen LogP) is 5.83. The van der Waals surface area contributed by atoms with Gasteiger partial charge in [-0.2, -0.15) is 0 Å². The number of aryl methyl sites for hydroxylation is 1. The number of methoxy groups -OCH3 is 1. The standard InChI is InChI=1S/C29H28N4O2/c1-20-15-23(12-13-27(20)35-24-8-4-3-5-9-24)33-29-25-16-22(11-10-21-7-6-14-30-18-21)28(34-2)17-26(25)31-19-32-29/h3-5,8-9,12-13,15-17,19,21,30H,6-7,14,18H2,1-2H3,(H,31,32,33). The fourth-order valence-electron chi connectivity index (χ4n) is 4.20. The van der Waals surface area contributed by atoms with Crippen LogP contribution in [0.15, 0.2) is 67.0 Å². The summed E-state index contributed by atoms with van der Waals surface area (Å²) in [5, 5.41) is 7.75. The molecule has 1 aliphatic heterocycles. The van der Waals surface area contributed by atoms with E-state index >= 15 is 0 Å². The minimum atomic E-state index is 0.355. The summed E-state index contributed by atoms with van der Waals surface area (Å²) in [5.74, 6) is 10.2. The summed E-state index contributed by atoms with van der Waals surface area (Å²) in [5.41, 5.74) is 3.57. The van der Waals surface area contributed by atoms with Crippen LogP contribution >= 0.6 is 0 Å². The highest BCUT2D eigenvalue weighted by Gasteiger charge is 2.13. The van der Waals surface area contributed by atoms with Crippen LogP contribution in [0, 0.1) is 24.7 Å². The Morgan fingerprint density at radius 3 is 2.69 bits per heavy atom. The molecule has 35 heavy (non-hydrogen) atoms. The molecule has 5 rings (SSSR count). The Bertz CT molecular complexity index is 1390. The average molecular weight is 465 g/mol. The summed E-state index contributed by atoms with van der Waals surface area (Å²) in [7, 11) is 1.66. The van der Waals surface area contributed by atoms with E-state index in [9.17, 15) is 0 Å². The number of benzene rings is 3. The number of nitrogens with one attached hydrogen (secondary N) is 2. The van der Waals surface area contributed by atoms with E-state index in [2.05, 4.69) is 32.4 Å². The smallest absolute Gasteiger partial charge is 0.141 e. The Kier molecular flexibility index (Phi) is 6.78. The van der Waals surface area contributed by atoms with Gasteiger partial charge in [0, 0.05) is 29.6 Å². The summed E-state index contributed by atoms with van der Waals surface area (Å²) in [6.45, 7) is 4.03. The molecule has 1 unspecified atom stereocenters. The third-order valence-corrected chi connectivity index (χ3v) is 6.07. The number of hydrogen-bond acceptors (Lipinski definition) is 6. The van der Waals surface area contributed by atoms with Crippen molar-refractivity contribution in [2.75, 3.05) is 25.5 Å². The normalized spacial score (nSPS) is 15.2. The topological polar surface area (TPSA) is 68.3 Å². The molecule has 2 heterocycles. The third kappa shape index (κ3) is 5.37. The molecule has 1 fully saturated rings. The Morgan fingerprint density at radius 1 is 1.03 bits per heavy atom. The molecular weight excluding hydrogens is 436 g/mol. The molecular formula is C29H28N4O2. The molecule has 0 aliphatic carbocycles. The van der Waals surface area contributed by atoms with E-state index in [1.54, 1.807) is 13.4 Å². The van der Waals surface area contributed by atoms with Gasteiger partial charge in [-0.05, 0) is 68.3 Å². The van der Waals surface area contributed by atoms with Crippen molar-refractivity contribution in [2.24, 2.45) is 5.92 Å². The van der Waals surface area contributed by atoms with Crippen molar-refractivity contribution in [2.45, 2.75) is 19.8 Å². The lowest BCUT2D eigenvalue weighted by Crippen LogP contribution is -2.28. The van der Waals surface area contributed by atoms with E-state index in [1.165, 1.54) is 0 Å². The highest BCUT2D eigenvalue weighted by molar-refractivity contribution is 5.93. The van der Waals surface area contributed by atoms with Gasteiger partial charge in [0.25, 0.3) is 0 Å². The number of para-hydroxylation sites is 1. The molecule has 6 nitrogen and oxygen atoms in total. The quantitative estimate of drug-likeness (QED) is 0.362. The van der Waals surface area contributed by atoms with Crippen molar-refractivity contribution in [3.8, 4) is 29.1 Å². The molecule has 4 aromatic rings. The molecule has 1 atom stereocenters. The lowest BCUT2D eigenvalue weighted by Gasteiger charge is -2.17. The second-order valence-corrected chi connectivity index (χ2v) is 8.62. The molecule has 2 N–H and O–H groups in total. The van der Waals surface area contributed by atoms with Crippen LogP contribution in [0.2, 0.25) is 0 Å². The number of nitrogens with zero attached hydrogens (tertiary/aromatic N) is 2. The second-order valence-electron chi connectivity index (χ2n) is 8.62. The number of rotatable bonds is 5. The Labute approximate surface area is 205 Å². The van der Waals surface area contributed by atoms with Gasteiger partial charge in [-0.15, -0.1) is 0 Å². The Morgan fingerprint density at radius 2 is 1.91 bits per heavy atom. The lowest BCUT2D eigenvalue weighted by molar-refractivity contribution is 0.414. The van der Waals surface area contributed by atoms with Gasteiger partial charge in [-0.3, -0.25) is 0 Å². The van der Waals surface area contributed by atoms with E-state index in [-0.39, 0.29) is 0 Å². The average Bonchev–Trinajstić information content (AvgIpc) is 2.90. The summed E-state index contributed by atoms with van der Waals surface area (Å²) in [6, 6.07) is 19.7. The molecule has 0 amide bonds. The van der Waals surface area contributed by atoms with Crippen LogP contribution in [-0.4, -0.2) is 30.2 Å². The zero-order valence-corrected chi connectivity index (χ0v) is 20.0. The van der Waals surface area contributed by atoms with Crippen LogP contribution in [0.3, 0.4) is 0 Å². The van der Waals surface area contributed by atoms with Crippen LogP contribution < -0.4 is 20.1 Å². The number of ether oxygens (including phenoxy) is 2. The second kappa shape index (κ2) is 10.5. The number of hydrogen-bond donors (Lipinski definition) is 2. The molecule has 6 heteroatoms. The number of anilines is 2. The highest BCUT2D eigenvalue weighted by atomic mass is 16.5. The molecule has 176 valence electrons. The Hall–Kier alpha value is -4.08. The Balaban J connectivity index is 1.43. The predicted molar refractivity (Wildman–Crippen MR) is 140 cm³/mol. The monoisotopic (exact) mass is 464 g/mol. The summed E-state index contributed by atoms with van der Waals surface area (Å²) < 4.78 is 11.6. The fraction of sp³-hybridized carbons (Fsp3) is 0.241. The zero-order valence-electron chi connectivity index (χ0n) is 20.0. The van der Waals surface area contributed by atoms with Crippen LogP contribution in [-0.2, 0) is 0 Å². The summed E-state index contributed by atoms with van der Waals surface area (Å²) >= 11 is 0. The minimum Gasteiger partial charge on any atom is -0.495 e. The maximum atomic E-state index is 6.02. The zero-order chi connectivity index (χ0) is 24.0. The first-order valence-corrected chi connectivity index (χ1v) is 11.8. The lowest BCUT2D eigenvalue weighted by atomic mass is 9.99. The minimum absolute atomic E-state index is 0.355. The molecule has 1 aromatic heterocycles. The fourth-order valence-corrected chi connectivity index (χ4v) is 4.20. The molecule has 1 aliphatic rings. The SMILES string of the molecule is COc1cc2ncnc(Nc3ccc(Oc4ccccc4)c(C)c3)c2cc1C#CC1CCCNC1. The van der Waals surface area contributed by atoms with E-state index in [0.717, 1.165) is 76.7 Å². The molecule has 0 saturated carbocycles. The van der Waals surface area contributed by atoms with E-state index in [0.29, 0.717) is 5.92 Å². The summed E-state index contributed by atoms with van der Waals surface area (Å²) in [6.07, 6.45) is 3.84. The van der Waals surface area contributed by atoms with Crippen LogP contribution in [0.5, 0.6) is 17.2 Å². The van der Waals surface area contributed by atoms with E-state index < -0.39 is 0 Å². The number of aromatic nitrogens is 2.